The first-order valence-electron chi connectivity index (χ1n) is 7.65. The normalized spacial score (nSPS) is 21.3. The van der Waals surface area contributed by atoms with Crippen LogP contribution in [0.25, 0.3) is 0 Å². The maximum Gasteiger partial charge on any atom is 0.319 e. The number of hydrogen-bond donors (Lipinski definition) is 2. The van der Waals surface area contributed by atoms with Crippen LogP contribution in [0, 0.1) is 5.92 Å². The van der Waals surface area contributed by atoms with Gasteiger partial charge in [-0.15, -0.1) is 11.3 Å². The van der Waals surface area contributed by atoms with Gasteiger partial charge in [-0.2, -0.15) is 0 Å². The highest BCUT2D eigenvalue weighted by molar-refractivity contribution is 7.10. The number of anilines is 1. The van der Waals surface area contributed by atoms with Crippen LogP contribution >= 0.6 is 22.9 Å². The van der Waals surface area contributed by atoms with E-state index in [2.05, 4.69) is 40.1 Å². The van der Waals surface area contributed by atoms with Crippen molar-refractivity contribution in [1.29, 1.82) is 0 Å². The number of nitrogens with one attached hydrogen (secondary N) is 2. The van der Waals surface area contributed by atoms with Crippen molar-refractivity contribution in [3.63, 3.8) is 0 Å². The Labute approximate surface area is 145 Å². The molecule has 1 aliphatic heterocycles. The number of halogens is 1. The largest absolute Gasteiger partial charge is 0.338 e. The molecule has 0 aliphatic carbocycles. The molecule has 4 nitrogen and oxygen atoms in total. The number of amides is 2. The maximum absolute atomic E-state index is 12.1. The van der Waals surface area contributed by atoms with E-state index in [4.69, 9.17) is 11.6 Å². The Morgan fingerprint density at radius 2 is 2.13 bits per heavy atom. The summed E-state index contributed by atoms with van der Waals surface area (Å²) in [6, 6.07) is 11.3. The Morgan fingerprint density at radius 3 is 2.87 bits per heavy atom. The molecule has 0 saturated carbocycles. The highest BCUT2D eigenvalue weighted by Crippen LogP contribution is 2.34. The van der Waals surface area contributed by atoms with Crippen LogP contribution in [0.4, 0.5) is 10.5 Å². The molecule has 0 radical (unpaired) electrons. The lowest BCUT2D eigenvalue weighted by Crippen LogP contribution is -2.35. The van der Waals surface area contributed by atoms with Gasteiger partial charge in [0.1, 0.15) is 0 Å². The summed E-state index contributed by atoms with van der Waals surface area (Å²) < 4.78 is 0. The summed E-state index contributed by atoms with van der Waals surface area (Å²) in [4.78, 5) is 15.8. The number of benzene rings is 1. The summed E-state index contributed by atoms with van der Waals surface area (Å²) in [5.74, 6) is 0.913. The molecular formula is C17H20ClN3OS. The molecule has 0 unspecified atom stereocenters. The highest BCUT2D eigenvalue weighted by Gasteiger charge is 2.32. The van der Waals surface area contributed by atoms with Gasteiger partial charge >= 0.3 is 6.03 Å². The van der Waals surface area contributed by atoms with E-state index in [0.717, 1.165) is 13.1 Å². The van der Waals surface area contributed by atoms with E-state index in [1.165, 1.54) is 4.88 Å². The summed E-state index contributed by atoms with van der Waals surface area (Å²) in [5.41, 5.74) is 0.630. The van der Waals surface area contributed by atoms with E-state index < -0.39 is 0 Å². The van der Waals surface area contributed by atoms with Crippen LogP contribution < -0.4 is 10.6 Å². The fraction of sp³-hybridized carbons (Fsp3) is 0.353. The molecule has 2 N–H and O–H groups in total. The van der Waals surface area contributed by atoms with Crippen molar-refractivity contribution in [2.45, 2.75) is 5.92 Å². The Bertz CT molecular complexity index is 662. The Balaban J connectivity index is 1.57. The van der Waals surface area contributed by atoms with Crippen molar-refractivity contribution in [2.24, 2.45) is 5.92 Å². The van der Waals surface area contributed by atoms with E-state index in [-0.39, 0.29) is 6.03 Å². The van der Waals surface area contributed by atoms with Gasteiger partial charge in [0, 0.05) is 30.4 Å². The standard InChI is InChI=1S/C17H20ClN3OS/c1-21-10-12(13(11-21)16-7-4-8-23-16)9-19-17(22)20-15-6-3-2-5-14(15)18/h2-8,12-13H,9-11H2,1H3,(H2,19,20,22)/t12-,13-/m0/s1. The number of likely N-dealkylation sites (tertiary alicyclic amines) is 1. The van der Waals surface area contributed by atoms with E-state index in [9.17, 15) is 4.79 Å². The number of thiophene rings is 1. The molecule has 6 heteroatoms. The number of likely N-dealkylation sites (N-methyl/N-ethyl adjacent to an activating group) is 1. The van der Waals surface area contributed by atoms with Crippen molar-refractivity contribution < 1.29 is 4.79 Å². The van der Waals surface area contributed by atoms with Crippen LogP contribution in [0.1, 0.15) is 10.8 Å². The Kier molecular flexibility index (Phi) is 5.20. The average molecular weight is 350 g/mol. The van der Waals surface area contributed by atoms with Gasteiger partial charge in [-0.3, -0.25) is 0 Å². The van der Waals surface area contributed by atoms with Gasteiger partial charge in [-0.1, -0.05) is 29.8 Å². The molecule has 1 aliphatic rings. The number of carbonyl (C=O) groups excluding carboxylic acids is 1. The van der Waals surface area contributed by atoms with Crippen molar-refractivity contribution in [3.8, 4) is 0 Å². The number of nitrogens with zero attached hydrogens (tertiary/aromatic N) is 1. The minimum atomic E-state index is -0.211. The van der Waals surface area contributed by atoms with Crippen molar-refractivity contribution in [3.05, 3.63) is 51.7 Å². The van der Waals surface area contributed by atoms with Crippen LogP contribution in [0.5, 0.6) is 0 Å². The summed E-state index contributed by atoms with van der Waals surface area (Å²) in [5, 5.41) is 8.44. The number of urea groups is 1. The van der Waals surface area contributed by atoms with Gasteiger partial charge in [-0.25, -0.2) is 4.79 Å². The van der Waals surface area contributed by atoms with Crippen molar-refractivity contribution in [2.75, 3.05) is 32.0 Å². The molecular weight excluding hydrogens is 330 g/mol. The van der Waals surface area contributed by atoms with Gasteiger partial charge in [-0.05, 0) is 36.5 Å². The molecule has 0 spiro atoms. The first kappa shape index (κ1) is 16.3. The first-order valence-corrected chi connectivity index (χ1v) is 8.90. The fourth-order valence-corrected chi connectivity index (χ4v) is 4.17. The fourth-order valence-electron chi connectivity index (χ4n) is 3.07. The molecule has 2 heterocycles. The minimum Gasteiger partial charge on any atom is -0.338 e. The molecule has 2 atom stereocenters. The van der Waals surface area contributed by atoms with E-state index in [0.29, 0.717) is 29.1 Å². The quantitative estimate of drug-likeness (QED) is 0.880. The third-order valence-corrected chi connectivity index (χ3v) is 5.51. The summed E-state index contributed by atoms with van der Waals surface area (Å²) in [6.45, 7) is 2.69. The molecule has 1 fully saturated rings. The van der Waals surface area contributed by atoms with Gasteiger partial charge in [0.25, 0.3) is 0 Å². The highest BCUT2D eigenvalue weighted by atomic mass is 35.5. The SMILES string of the molecule is CN1C[C@H](CNC(=O)Nc2ccccc2Cl)[C@@H](c2cccs2)C1. The van der Waals surface area contributed by atoms with E-state index in [1.54, 1.807) is 23.5 Å². The second kappa shape index (κ2) is 7.34. The van der Waals surface area contributed by atoms with Gasteiger partial charge in [0.05, 0.1) is 10.7 Å². The van der Waals surface area contributed by atoms with Gasteiger partial charge in [0.15, 0.2) is 0 Å². The lowest BCUT2D eigenvalue weighted by atomic mass is 9.94. The third-order valence-electron chi connectivity index (χ3n) is 4.18. The minimum absolute atomic E-state index is 0.211. The maximum atomic E-state index is 12.1. The topological polar surface area (TPSA) is 44.4 Å². The second-order valence-electron chi connectivity index (χ2n) is 5.92. The zero-order chi connectivity index (χ0) is 16.2. The zero-order valence-electron chi connectivity index (χ0n) is 13.0. The average Bonchev–Trinajstić information content (AvgIpc) is 3.16. The Hall–Kier alpha value is -1.56. The number of carbonyl (C=O) groups is 1. The van der Waals surface area contributed by atoms with Gasteiger partial charge in [0.2, 0.25) is 0 Å². The van der Waals surface area contributed by atoms with Crippen LogP contribution in [-0.4, -0.2) is 37.6 Å². The predicted molar refractivity (Wildman–Crippen MR) is 96.5 cm³/mol. The molecule has 3 rings (SSSR count). The van der Waals surface area contributed by atoms with Crippen molar-refractivity contribution in [1.82, 2.24) is 10.2 Å². The van der Waals surface area contributed by atoms with E-state index in [1.807, 2.05) is 12.1 Å². The molecule has 2 aromatic rings. The van der Waals surface area contributed by atoms with Crippen molar-refractivity contribution >= 4 is 34.7 Å². The Morgan fingerprint density at radius 1 is 1.30 bits per heavy atom. The number of rotatable bonds is 4. The molecule has 0 bridgehead atoms. The van der Waals surface area contributed by atoms with E-state index >= 15 is 0 Å². The monoisotopic (exact) mass is 349 g/mol. The number of para-hydroxylation sites is 1. The zero-order valence-corrected chi connectivity index (χ0v) is 14.5. The lowest BCUT2D eigenvalue weighted by Gasteiger charge is -2.18. The summed E-state index contributed by atoms with van der Waals surface area (Å²) in [7, 11) is 2.13. The summed E-state index contributed by atoms with van der Waals surface area (Å²) >= 11 is 7.85. The predicted octanol–water partition coefficient (Wildman–Crippen LogP) is 3.87. The van der Waals surface area contributed by atoms with Crippen LogP contribution in [-0.2, 0) is 0 Å². The van der Waals surface area contributed by atoms with Gasteiger partial charge < -0.3 is 15.5 Å². The van der Waals surface area contributed by atoms with Crippen LogP contribution in [0.2, 0.25) is 5.02 Å². The molecule has 23 heavy (non-hydrogen) atoms. The lowest BCUT2D eigenvalue weighted by molar-refractivity contribution is 0.249. The first-order chi connectivity index (χ1) is 11.1. The summed E-state index contributed by atoms with van der Waals surface area (Å²) in [6.07, 6.45) is 0. The van der Waals surface area contributed by atoms with Crippen LogP contribution in [0.15, 0.2) is 41.8 Å². The number of hydrogen-bond acceptors (Lipinski definition) is 3. The smallest absolute Gasteiger partial charge is 0.319 e. The molecule has 1 aromatic carbocycles. The molecule has 1 aromatic heterocycles. The second-order valence-corrected chi connectivity index (χ2v) is 7.30. The van der Waals surface area contributed by atoms with Crippen LogP contribution in [0.3, 0.4) is 0 Å². The third kappa shape index (κ3) is 4.05. The molecule has 1 saturated heterocycles. The molecule has 122 valence electrons. The molecule has 2 amide bonds.